The normalized spacial score (nSPS) is 15.8. The number of nitro groups is 1. The fourth-order valence-corrected chi connectivity index (χ4v) is 3.80. The fraction of sp³-hybridized carbons (Fsp3) is 0.150. The van der Waals surface area contributed by atoms with Gasteiger partial charge >= 0.3 is 0 Å². The van der Waals surface area contributed by atoms with Crippen LogP contribution in [-0.2, 0) is 6.54 Å². The molecule has 0 unspecified atom stereocenters. The Hall–Kier alpha value is -3.26. The average molecular weight is 396 g/mol. The highest BCUT2D eigenvalue weighted by Gasteiger charge is 2.31. The standard InChI is InChI=1S/C20H17FN4O2S/c21-15-6-8-16(9-7-15)22-20(28)24-12-11-23-10-2-5-18(23)19(24)14-3-1-4-17(13-14)25(26)27/h1-10,13,19H,11-12H2,(H,22,28)/t19-/m1/s1. The largest absolute Gasteiger partial charge is 0.348 e. The molecule has 0 radical (unpaired) electrons. The quantitative estimate of drug-likeness (QED) is 0.405. The first-order valence-electron chi connectivity index (χ1n) is 8.75. The van der Waals surface area contributed by atoms with E-state index in [9.17, 15) is 14.5 Å². The van der Waals surface area contributed by atoms with E-state index in [1.165, 1.54) is 18.2 Å². The molecule has 0 saturated carbocycles. The molecule has 0 bridgehead atoms. The van der Waals surface area contributed by atoms with Gasteiger partial charge in [0.05, 0.1) is 11.0 Å². The van der Waals surface area contributed by atoms with Gasteiger partial charge in [-0.3, -0.25) is 10.1 Å². The molecule has 0 fully saturated rings. The summed E-state index contributed by atoms with van der Waals surface area (Å²) in [6.45, 7) is 1.39. The Labute approximate surface area is 166 Å². The number of nitrogens with one attached hydrogen (secondary N) is 1. The number of non-ortho nitro benzene ring substituents is 1. The number of nitro benzene ring substituents is 1. The van der Waals surface area contributed by atoms with Crippen molar-refractivity contribution in [1.82, 2.24) is 9.47 Å². The summed E-state index contributed by atoms with van der Waals surface area (Å²) in [5, 5.41) is 14.9. The molecule has 0 amide bonds. The summed E-state index contributed by atoms with van der Waals surface area (Å²) in [7, 11) is 0. The van der Waals surface area contributed by atoms with Gasteiger partial charge in [-0.05, 0) is 54.2 Å². The van der Waals surface area contributed by atoms with E-state index in [1.54, 1.807) is 24.3 Å². The number of fused-ring (bicyclic) bond motifs is 1. The van der Waals surface area contributed by atoms with Gasteiger partial charge in [-0.15, -0.1) is 0 Å². The van der Waals surface area contributed by atoms with Crippen molar-refractivity contribution in [2.45, 2.75) is 12.6 Å². The van der Waals surface area contributed by atoms with Gasteiger partial charge in [0.25, 0.3) is 5.69 Å². The molecule has 6 nitrogen and oxygen atoms in total. The lowest BCUT2D eigenvalue weighted by Gasteiger charge is -2.39. The molecule has 0 aliphatic carbocycles. The molecule has 2 aromatic carbocycles. The molecule has 3 aromatic rings. The first-order valence-corrected chi connectivity index (χ1v) is 9.16. The fourth-order valence-electron chi connectivity index (χ4n) is 3.49. The van der Waals surface area contributed by atoms with E-state index >= 15 is 0 Å². The summed E-state index contributed by atoms with van der Waals surface area (Å²) in [6, 6.07) is 16.3. The number of aromatic nitrogens is 1. The van der Waals surface area contributed by atoms with Crippen molar-refractivity contribution in [3.05, 3.63) is 94.0 Å². The van der Waals surface area contributed by atoms with E-state index in [-0.39, 0.29) is 17.5 Å². The second-order valence-corrected chi connectivity index (χ2v) is 6.90. The van der Waals surface area contributed by atoms with Crippen molar-refractivity contribution in [2.24, 2.45) is 0 Å². The number of nitrogens with zero attached hydrogens (tertiary/aromatic N) is 3. The first-order chi connectivity index (χ1) is 13.5. The minimum atomic E-state index is -0.398. The van der Waals surface area contributed by atoms with E-state index < -0.39 is 4.92 Å². The average Bonchev–Trinajstić information content (AvgIpc) is 3.17. The van der Waals surface area contributed by atoms with Crippen LogP contribution in [0.4, 0.5) is 15.8 Å². The third-order valence-electron chi connectivity index (χ3n) is 4.79. The van der Waals surface area contributed by atoms with Crippen LogP contribution in [0.3, 0.4) is 0 Å². The second kappa shape index (κ2) is 7.40. The third-order valence-corrected chi connectivity index (χ3v) is 5.13. The van der Waals surface area contributed by atoms with E-state index in [1.807, 2.05) is 29.3 Å². The monoisotopic (exact) mass is 396 g/mol. The minimum Gasteiger partial charge on any atom is -0.348 e. The minimum absolute atomic E-state index is 0.0403. The molecule has 0 saturated heterocycles. The van der Waals surface area contributed by atoms with E-state index in [2.05, 4.69) is 9.88 Å². The molecular formula is C20H17FN4O2S. The molecular weight excluding hydrogens is 379 g/mol. The maximum Gasteiger partial charge on any atom is 0.269 e. The van der Waals surface area contributed by atoms with E-state index in [0.717, 1.165) is 17.8 Å². The summed E-state index contributed by atoms with van der Waals surface area (Å²) < 4.78 is 15.3. The number of thiocarbonyl (C=S) groups is 1. The summed E-state index contributed by atoms with van der Waals surface area (Å²) in [5.74, 6) is -0.318. The molecule has 1 aliphatic rings. The van der Waals surface area contributed by atoms with Gasteiger partial charge in [-0.2, -0.15) is 0 Å². The van der Waals surface area contributed by atoms with Crippen LogP contribution >= 0.6 is 12.2 Å². The Balaban J connectivity index is 1.69. The van der Waals surface area contributed by atoms with Crippen molar-refractivity contribution >= 4 is 28.7 Å². The van der Waals surface area contributed by atoms with Gasteiger partial charge in [0.1, 0.15) is 5.82 Å². The lowest BCUT2D eigenvalue weighted by atomic mass is 10.00. The number of hydrogen-bond donors (Lipinski definition) is 1. The van der Waals surface area contributed by atoms with Crippen molar-refractivity contribution < 1.29 is 9.31 Å². The molecule has 1 N–H and O–H groups in total. The number of hydrogen-bond acceptors (Lipinski definition) is 3. The molecule has 0 spiro atoms. The summed E-state index contributed by atoms with van der Waals surface area (Å²) in [5.41, 5.74) is 2.52. The van der Waals surface area contributed by atoms with Crippen LogP contribution in [0.5, 0.6) is 0 Å². The smallest absolute Gasteiger partial charge is 0.269 e. The van der Waals surface area contributed by atoms with Crippen LogP contribution in [0, 0.1) is 15.9 Å². The maximum atomic E-state index is 13.2. The van der Waals surface area contributed by atoms with E-state index in [4.69, 9.17) is 12.2 Å². The predicted molar refractivity (Wildman–Crippen MR) is 109 cm³/mol. The Kier molecular flexibility index (Phi) is 4.79. The lowest BCUT2D eigenvalue weighted by Crippen LogP contribution is -2.44. The highest BCUT2D eigenvalue weighted by molar-refractivity contribution is 7.80. The Bertz CT molecular complexity index is 1030. The van der Waals surface area contributed by atoms with Gasteiger partial charge in [-0.1, -0.05) is 12.1 Å². The van der Waals surface area contributed by atoms with Gasteiger partial charge in [0, 0.05) is 42.8 Å². The summed E-state index contributed by atoms with van der Waals surface area (Å²) >= 11 is 5.63. The zero-order valence-electron chi connectivity index (χ0n) is 14.8. The van der Waals surface area contributed by atoms with Crippen LogP contribution in [0.15, 0.2) is 66.9 Å². The SMILES string of the molecule is O=[N+]([O-])c1cccc([C@@H]2c3cccn3CCN2C(=S)Nc2ccc(F)cc2)c1. The first kappa shape index (κ1) is 18.1. The Morgan fingerprint density at radius 3 is 2.68 bits per heavy atom. The topological polar surface area (TPSA) is 63.3 Å². The molecule has 1 atom stereocenters. The molecule has 28 heavy (non-hydrogen) atoms. The second-order valence-electron chi connectivity index (χ2n) is 6.51. The molecule has 4 rings (SSSR count). The van der Waals surface area contributed by atoms with Crippen LogP contribution in [0.25, 0.3) is 0 Å². The van der Waals surface area contributed by atoms with Gasteiger partial charge in [0.15, 0.2) is 5.11 Å². The molecule has 1 aromatic heterocycles. The molecule has 8 heteroatoms. The van der Waals surface area contributed by atoms with Crippen LogP contribution < -0.4 is 5.32 Å². The van der Waals surface area contributed by atoms with Gasteiger partial charge in [0.2, 0.25) is 0 Å². The van der Waals surface area contributed by atoms with Crippen molar-refractivity contribution in [3.8, 4) is 0 Å². The Morgan fingerprint density at radius 2 is 1.93 bits per heavy atom. The highest BCUT2D eigenvalue weighted by Crippen LogP contribution is 2.34. The molecule has 142 valence electrons. The Morgan fingerprint density at radius 1 is 1.14 bits per heavy atom. The van der Waals surface area contributed by atoms with Gasteiger partial charge < -0.3 is 14.8 Å². The number of halogens is 1. The zero-order chi connectivity index (χ0) is 19.7. The van der Waals surface area contributed by atoms with Crippen molar-refractivity contribution in [2.75, 3.05) is 11.9 Å². The number of anilines is 1. The maximum absolute atomic E-state index is 13.2. The summed E-state index contributed by atoms with van der Waals surface area (Å²) in [6.07, 6.45) is 1.99. The molecule has 2 heterocycles. The van der Waals surface area contributed by atoms with Gasteiger partial charge in [-0.25, -0.2) is 4.39 Å². The lowest BCUT2D eigenvalue weighted by molar-refractivity contribution is -0.384. The van der Waals surface area contributed by atoms with Crippen LogP contribution in [-0.4, -0.2) is 26.0 Å². The highest BCUT2D eigenvalue weighted by atomic mass is 32.1. The van der Waals surface area contributed by atoms with Crippen LogP contribution in [0.1, 0.15) is 17.3 Å². The van der Waals surface area contributed by atoms with E-state index in [0.29, 0.717) is 17.3 Å². The predicted octanol–water partition coefficient (Wildman–Crippen LogP) is 4.34. The zero-order valence-corrected chi connectivity index (χ0v) is 15.6. The molecule has 1 aliphatic heterocycles. The van der Waals surface area contributed by atoms with Crippen LogP contribution in [0.2, 0.25) is 0 Å². The summed E-state index contributed by atoms with van der Waals surface area (Å²) in [4.78, 5) is 12.8. The number of benzene rings is 2. The van der Waals surface area contributed by atoms with Crippen molar-refractivity contribution in [1.29, 1.82) is 0 Å². The number of rotatable bonds is 3. The third kappa shape index (κ3) is 3.46. The van der Waals surface area contributed by atoms with Crippen molar-refractivity contribution in [3.63, 3.8) is 0 Å².